The zero-order valence-electron chi connectivity index (χ0n) is 14.6. The summed E-state index contributed by atoms with van der Waals surface area (Å²) in [5, 5.41) is 11.1. The van der Waals surface area contributed by atoms with E-state index in [0.29, 0.717) is 12.2 Å². The zero-order valence-corrected chi connectivity index (χ0v) is 14.6. The fourth-order valence-electron chi connectivity index (χ4n) is 2.99. The Morgan fingerprint density at radius 1 is 1.13 bits per heavy atom. The summed E-state index contributed by atoms with van der Waals surface area (Å²) in [5.74, 6) is -0.182. The van der Waals surface area contributed by atoms with Crippen LogP contribution >= 0.6 is 0 Å². The van der Waals surface area contributed by atoms with Crippen LogP contribution in [-0.2, 0) is 6.54 Å². The van der Waals surface area contributed by atoms with Gasteiger partial charge in [0.25, 0.3) is 5.91 Å². The second-order valence-electron chi connectivity index (χ2n) is 7.86. The standard InChI is InChI=1S/C18H26N4O/c1-17(2,3)13-18(4,5)19-16(23)15-12-22(21-20-15)11-14-9-7-6-8-10-14/h6-10,12H,11,13H2,1-5H3,(H,19,23). The number of carbonyl (C=O) groups excluding carboxylic acids is 1. The number of amides is 1. The molecule has 1 amide bonds. The van der Waals surface area contributed by atoms with Crippen molar-refractivity contribution in [1.29, 1.82) is 0 Å². The van der Waals surface area contributed by atoms with Crippen molar-refractivity contribution in [3.05, 3.63) is 47.8 Å². The van der Waals surface area contributed by atoms with Crippen molar-refractivity contribution in [1.82, 2.24) is 20.3 Å². The van der Waals surface area contributed by atoms with E-state index in [1.54, 1.807) is 10.9 Å². The fraction of sp³-hybridized carbons (Fsp3) is 0.500. The lowest BCUT2D eigenvalue weighted by Gasteiger charge is -2.33. The van der Waals surface area contributed by atoms with Gasteiger partial charge >= 0.3 is 0 Å². The molecule has 0 radical (unpaired) electrons. The molecule has 124 valence electrons. The van der Waals surface area contributed by atoms with Gasteiger partial charge in [-0.25, -0.2) is 4.68 Å². The molecule has 5 heteroatoms. The smallest absolute Gasteiger partial charge is 0.273 e. The van der Waals surface area contributed by atoms with Crippen molar-refractivity contribution in [2.24, 2.45) is 5.41 Å². The lowest BCUT2D eigenvalue weighted by molar-refractivity contribution is 0.0886. The Morgan fingerprint density at radius 3 is 2.39 bits per heavy atom. The first-order chi connectivity index (χ1) is 10.6. The minimum Gasteiger partial charge on any atom is -0.346 e. The third-order valence-corrected chi connectivity index (χ3v) is 3.38. The summed E-state index contributed by atoms with van der Waals surface area (Å²) in [4.78, 5) is 12.4. The maximum atomic E-state index is 12.4. The molecule has 0 aliphatic heterocycles. The molecular weight excluding hydrogens is 288 g/mol. The van der Waals surface area contributed by atoms with E-state index in [2.05, 4.69) is 36.4 Å². The molecule has 0 fully saturated rings. The van der Waals surface area contributed by atoms with Gasteiger partial charge in [-0.1, -0.05) is 56.3 Å². The van der Waals surface area contributed by atoms with Crippen LogP contribution in [0.15, 0.2) is 36.5 Å². The van der Waals surface area contributed by atoms with E-state index < -0.39 is 0 Å². The Balaban J connectivity index is 2.01. The van der Waals surface area contributed by atoms with E-state index >= 15 is 0 Å². The van der Waals surface area contributed by atoms with Crippen LogP contribution in [0.3, 0.4) is 0 Å². The highest BCUT2D eigenvalue weighted by molar-refractivity contribution is 5.92. The molecule has 0 spiro atoms. The maximum Gasteiger partial charge on any atom is 0.273 e. The quantitative estimate of drug-likeness (QED) is 0.921. The van der Waals surface area contributed by atoms with E-state index in [9.17, 15) is 4.79 Å². The molecule has 1 heterocycles. The maximum absolute atomic E-state index is 12.4. The van der Waals surface area contributed by atoms with Gasteiger partial charge in [0.05, 0.1) is 12.7 Å². The van der Waals surface area contributed by atoms with Gasteiger partial charge in [0, 0.05) is 5.54 Å². The molecule has 2 rings (SSSR count). The molecule has 23 heavy (non-hydrogen) atoms. The molecule has 2 aromatic rings. The lowest BCUT2D eigenvalue weighted by atomic mass is 9.82. The first-order valence-corrected chi connectivity index (χ1v) is 7.91. The number of nitrogens with zero attached hydrogens (tertiary/aromatic N) is 3. The third kappa shape index (κ3) is 5.51. The van der Waals surface area contributed by atoms with Crippen LogP contribution in [0.2, 0.25) is 0 Å². The molecule has 0 aliphatic rings. The van der Waals surface area contributed by atoms with Gasteiger partial charge in [-0.05, 0) is 31.2 Å². The molecule has 1 aromatic carbocycles. The van der Waals surface area contributed by atoms with Gasteiger partial charge in [-0.3, -0.25) is 4.79 Å². The summed E-state index contributed by atoms with van der Waals surface area (Å²) in [6.45, 7) is 11.2. The van der Waals surface area contributed by atoms with E-state index in [-0.39, 0.29) is 16.9 Å². The Hall–Kier alpha value is -2.17. The molecule has 0 aliphatic carbocycles. The molecule has 1 aromatic heterocycles. The van der Waals surface area contributed by atoms with Crippen molar-refractivity contribution in [2.75, 3.05) is 0 Å². The minimum absolute atomic E-state index is 0.141. The summed E-state index contributed by atoms with van der Waals surface area (Å²) >= 11 is 0. The Labute approximate surface area is 138 Å². The van der Waals surface area contributed by atoms with Gasteiger partial charge in [-0.2, -0.15) is 0 Å². The number of hydrogen-bond acceptors (Lipinski definition) is 3. The molecular formula is C18H26N4O. The SMILES string of the molecule is CC(C)(C)CC(C)(C)NC(=O)c1cn(Cc2ccccc2)nn1. The average Bonchev–Trinajstić information content (AvgIpc) is 2.85. The highest BCUT2D eigenvalue weighted by Crippen LogP contribution is 2.26. The number of benzene rings is 1. The summed E-state index contributed by atoms with van der Waals surface area (Å²) < 4.78 is 1.68. The average molecular weight is 314 g/mol. The van der Waals surface area contributed by atoms with Crippen LogP contribution in [0.25, 0.3) is 0 Å². The van der Waals surface area contributed by atoms with Gasteiger partial charge in [0.15, 0.2) is 5.69 Å². The van der Waals surface area contributed by atoms with Crippen LogP contribution in [0.1, 0.15) is 57.1 Å². The van der Waals surface area contributed by atoms with Crippen molar-refractivity contribution in [3.8, 4) is 0 Å². The Morgan fingerprint density at radius 2 is 1.78 bits per heavy atom. The van der Waals surface area contributed by atoms with Crippen molar-refractivity contribution in [2.45, 2.75) is 53.1 Å². The van der Waals surface area contributed by atoms with Crippen LogP contribution in [-0.4, -0.2) is 26.4 Å². The van der Waals surface area contributed by atoms with Crippen LogP contribution in [0.5, 0.6) is 0 Å². The third-order valence-electron chi connectivity index (χ3n) is 3.38. The largest absolute Gasteiger partial charge is 0.346 e. The van der Waals surface area contributed by atoms with E-state index in [0.717, 1.165) is 12.0 Å². The minimum atomic E-state index is -0.293. The van der Waals surface area contributed by atoms with Crippen LogP contribution < -0.4 is 5.32 Å². The van der Waals surface area contributed by atoms with E-state index in [1.165, 1.54) is 0 Å². The predicted octanol–water partition coefficient (Wildman–Crippen LogP) is 3.27. The van der Waals surface area contributed by atoms with Crippen LogP contribution in [0, 0.1) is 5.41 Å². The number of aromatic nitrogens is 3. The Bertz CT molecular complexity index is 653. The molecule has 0 saturated heterocycles. The van der Waals surface area contributed by atoms with Crippen molar-refractivity contribution >= 4 is 5.91 Å². The summed E-state index contributed by atoms with van der Waals surface area (Å²) in [7, 11) is 0. The molecule has 0 saturated carbocycles. The molecule has 0 bridgehead atoms. The summed E-state index contributed by atoms with van der Waals surface area (Å²) in [6, 6.07) is 9.98. The Kier molecular flexibility index (Phi) is 4.88. The number of rotatable bonds is 5. The first kappa shape index (κ1) is 17.2. The number of hydrogen-bond donors (Lipinski definition) is 1. The van der Waals surface area contributed by atoms with E-state index in [1.807, 2.05) is 44.2 Å². The number of carbonyl (C=O) groups is 1. The summed E-state index contributed by atoms with van der Waals surface area (Å²) in [5.41, 5.74) is 1.32. The fourth-order valence-corrected chi connectivity index (χ4v) is 2.99. The molecule has 0 atom stereocenters. The monoisotopic (exact) mass is 314 g/mol. The predicted molar refractivity (Wildman–Crippen MR) is 91.2 cm³/mol. The lowest BCUT2D eigenvalue weighted by Crippen LogP contribution is -2.45. The van der Waals surface area contributed by atoms with Gasteiger partial charge in [0.1, 0.15) is 0 Å². The van der Waals surface area contributed by atoms with Gasteiger partial charge < -0.3 is 5.32 Å². The topological polar surface area (TPSA) is 59.8 Å². The summed E-state index contributed by atoms with van der Waals surface area (Å²) in [6.07, 6.45) is 2.57. The molecule has 0 unspecified atom stereocenters. The molecule has 1 N–H and O–H groups in total. The van der Waals surface area contributed by atoms with Gasteiger partial charge in [-0.15, -0.1) is 5.10 Å². The second kappa shape index (κ2) is 6.52. The molecule has 5 nitrogen and oxygen atoms in total. The van der Waals surface area contributed by atoms with Crippen molar-refractivity contribution in [3.63, 3.8) is 0 Å². The van der Waals surface area contributed by atoms with Crippen LogP contribution in [0.4, 0.5) is 0 Å². The normalized spacial score (nSPS) is 12.2. The number of nitrogens with one attached hydrogen (secondary N) is 1. The van der Waals surface area contributed by atoms with Crippen molar-refractivity contribution < 1.29 is 4.79 Å². The first-order valence-electron chi connectivity index (χ1n) is 7.91. The second-order valence-corrected chi connectivity index (χ2v) is 7.86. The van der Waals surface area contributed by atoms with Gasteiger partial charge in [0.2, 0.25) is 0 Å². The highest BCUT2D eigenvalue weighted by atomic mass is 16.2. The highest BCUT2D eigenvalue weighted by Gasteiger charge is 2.28. The van der Waals surface area contributed by atoms with E-state index in [4.69, 9.17) is 0 Å². The zero-order chi connectivity index (χ0) is 17.1.